The van der Waals surface area contributed by atoms with Crippen LogP contribution in [0.25, 0.3) is 0 Å². The number of aliphatic carboxylic acids is 1. The van der Waals surface area contributed by atoms with Crippen LogP contribution in [0.2, 0.25) is 0 Å². The number of carbonyl (C=O) groups is 5. The minimum Gasteiger partial charge on any atom is -0.481 e. The molecule has 3 aliphatic heterocycles. The second-order valence-corrected chi connectivity index (χ2v) is 8.16. The molecule has 0 spiro atoms. The summed E-state index contributed by atoms with van der Waals surface area (Å²) in [4.78, 5) is 63.5. The van der Waals surface area contributed by atoms with Crippen molar-refractivity contribution in [3.63, 3.8) is 0 Å². The van der Waals surface area contributed by atoms with Crippen LogP contribution in [-0.4, -0.2) is 58.7 Å². The maximum absolute atomic E-state index is 13.0. The van der Waals surface area contributed by atoms with Gasteiger partial charge in [-0.15, -0.1) is 0 Å². The van der Waals surface area contributed by atoms with Crippen molar-refractivity contribution in [2.45, 2.75) is 45.1 Å². The largest absolute Gasteiger partial charge is 0.481 e. The van der Waals surface area contributed by atoms with Crippen LogP contribution in [0.4, 0.5) is 5.69 Å². The van der Waals surface area contributed by atoms with Crippen LogP contribution in [0.1, 0.15) is 58.4 Å². The Morgan fingerprint density at radius 2 is 1.70 bits per heavy atom. The lowest BCUT2D eigenvalue weighted by molar-refractivity contribution is -0.138. The van der Waals surface area contributed by atoms with E-state index in [1.165, 1.54) is 0 Å². The molecule has 30 heavy (non-hydrogen) atoms. The highest BCUT2D eigenvalue weighted by atomic mass is 16.4. The number of rotatable bonds is 4. The van der Waals surface area contributed by atoms with E-state index in [9.17, 15) is 24.0 Å². The summed E-state index contributed by atoms with van der Waals surface area (Å²) < 4.78 is 0. The van der Waals surface area contributed by atoms with E-state index < -0.39 is 35.6 Å². The Morgan fingerprint density at radius 1 is 1.07 bits per heavy atom. The Hall–Kier alpha value is -3.23. The van der Waals surface area contributed by atoms with Crippen LogP contribution in [-0.2, 0) is 14.4 Å². The third-order valence-electron chi connectivity index (χ3n) is 6.17. The zero-order valence-corrected chi connectivity index (χ0v) is 16.6. The minimum atomic E-state index is -0.981. The summed E-state index contributed by atoms with van der Waals surface area (Å²) in [6.45, 7) is 3.22. The van der Waals surface area contributed by atoms with Gasteiger partial charge in [-0.3, -0.25) is 34.2 Å². The Bertz CT molecular complexity index is 964. The van der Waals surface area contributed by atoms with Gasteiger partial charge >= 0.3 is 5.97 Å². The number of amides is 4. The molecule has 4 amide bonds. The van der Waals surface area contributed by atoms with Gasteiger partial charge in [-0.05, 0) is 49.8 Å². The van der Waals surface area contributed by atoms with Crippen LogP contribution in [0, 0.1) is 12.8 Å². The molecule has 1 unspecified atom stereocenters. The number of nitrogens with zero attached hydrogens (tertiary/aromatic N) is 2. The van der Waals surface area contributed by atoms with Crippen LogP contribution in [0.15, 0.2) is 12.1 Å². The molecule has 2 saturated heterocycles. The molecule has 1 aromatic carbocycles. The fourth-order valence-electron chi connectivity index (χ4n) is 4.58. The van der Waals surface area contributed by atoms with Gasteiger partial charge in [-0.2, -0.15) is 0 Å². The fraction of sp³-hybridized carbons (Fsp3) is 0.476. The van der Waals surface area contributed by atoms with Gasteiger partial charge < -0.3 is 10.0 Å². The summed E-state index contributed by atoms with van der Waals surface area (Å²) in [5.41, 5.74) is 2.22. The first-order valence-corrected chi connectivity index (χ1v) is 10.1. The van der Waals surface area contributed by atoms with Crippen LogP contribution in [0.3, 0.4) is 0 Å². The van der Waals surface area contributed by atoms with Crippen molar-refractivity contribution in [2.75, 3.05) is 18.0 Å². The van der Waals surface area contributed by atoms with Crippen molar-refractivity contribution >= 4 is 35.3 Å². The van der Waals surface area contributed by atoms with Crippen LogP contribution < -0.4 is 10.2 Å². The van der Waals surface area contributed by atoms with E-state index in [1.807, 2.05) is 6.92 Å². The molecule has 3 aliphatic rings. The fourth-order valence-corrected chi connectivity index (χ4v) is 4.58. The summed E-state index contributed by atoms with van der Waals surface area (Å²) in [6.07, 6.45) is 1.86. The molecule has 9 nitrogen and oxygen atoms in total. The Kier molecular flexibility index (Phi) is 5.05. The van der Waals surface area contributed by atoms with E-state index in [2.05, 4.69) is 10.2 Å². The number of carboxylic acids is 1. The van der Waals surface area contributed by atoms with Gasteiger partial charge in [0, 0.05) is 31.6 Å². The van der Waals surface area contributed by atoms with Gasteiger partial charge in [0.1, 0.15) is 6.04 Å². The molecule has 0 aliphatic carbocycles. The molecule has 0 bridgehead atoms. The SMILES string of the molecule is Cc1cc2c(cc1N1CCC(CC(=O)O)CC1)C(=O)N(C1CCC(=O)NC1=O)C2=O. The first-order chi connectivity index (χ1) is 14.3. The third kappa shape index (κ3) is 3.44. The van der Waals surface area contributed by atoms with Crippen molar-refractivity contribution in [3.8, 4) is 0 Å². The van der Waals surface area contributed by atoms with Crippen molar-refractivity contribution in [1.82, 2.24) is 10.2 Å². The molecule has 1 aromatic rings. The Labute approximate surface area is 173 Å². The predicted octanol–water partition coefficient (Wildman–Crippen LogP) is 1.09. The highest BCUT2D eigenvalue weighted by Gasteiger charge is 2.45. The lowest BCUT2D eigenvalue weighted by Crippen LogP contribution is -2.54. The number of anilines is 1. The maximum atomic E-state index is 13.0. The van der Waals surface area contributed by atoms with Gasteiger partial charge in [0.2, 0.25) is 11.8 Å². The minimum absolute atomic E-state index is 0.0827. The van der Waals surface area contributed by atoms with Crippen molar-refractivity contribution < 1.29 is 29.1 Å². The number of carboxylic acid groups (broad SMARTS) is 1. The summed E-state index contributed by atoms with van der Waals surface area (Å²) in [5.74, 6) is -2.72. The zero-order valence-electron chi connectivity index (χ0n) is 16.6. The van der Waals surface area contributed by atoms with Gasteiger partial charge in [0.15, 0.2) is 0 Å². The third-order valence-corrected chi connectivity index (χ3v) is 6.17. The van der Waals surface area contributed by atoms with E-state index in [-0.39, 0.29) is 36.3 Å². The highest BCUT2D eigenvalue weighted by molar-refractivity contribution is 6.24. The van der Waals surface area contributed by atoms with E-state index in [0.717, 1.165) is 29.0 Å². The molecular formula is C21H23N3O6. The maximum Gasteiger partial charge on any atom is 0.303 e. The number of imide groups is 2. The Balaban J connectivity index is 1.56. The van der Waals surface area contributed by atoms with E-state index in [0.29, 0.717) is 13.1 Å². The lowest BCUT2D eigenvalue weighted by atomic mass is 9.92. The van der Waals surface area contributed by atoms with E-state index >= 15 is 0 Å². The second-order valence-electron chi connectivity index (χ2n) is 8.16. The summed E-state index contributed by atoms with van der Waals surface area (Å²) in [6, 6.07) is 2.40. The molecule has 2 fully saturated rings. The number of fused-ring (bicyclic) bond motifs is 1. The van der Waals surface area contributed by atoms with Gasteiger partial charge in [-0.25, -0.2) is 0 Å². The lowest BCUT2D eigenvalue weighted by Gasteiger charge is -2.34. The predicted molar refractivity (Wildman–Crippen MR) is 105 cm³/mol. The molecule has 0 radical (unpaired) electrons. The molecule has 158 valence electrons. The molecule has 1 atom stereocenters. The molecular weight excluding hydrogens is 390 g/mol. The molecule has 0 saturated carbocycles. The van der Waals surface area contributed by atoms with Crippen molar-refractivity contribution in [1.29, 1.82) is 0 Å². The quantitative estimate of drug-likeness (QED) is 0.708. The topological polar surface area (TPSA) is 124 Å². The normalized spacial score (nSPS) is 22.4. The molecule has 3 heterocycles. The van der Waals surface area contributed by atoms with Gasteiger partial charge in [-0.1, -0.05) is 0 Å². The zero-order chi connectivity index (χ0) is 21.6. The van der Waals surface area contributed by atoms with Gasteiger partial charge in [0.05, 0.1) is 11.1 Å². The monoisotopic (exact) mass is 413 g/mol. The van der Waals surface area contributed by atoms with E-state index in [4.69, 9.17) is 5.11 Å². The summed E-state index contributed by atoms with van der Waals surface area (Å²) >= 11 is 0. The smallest absolute Gasteiger partial charge is 0.303 e. The van der Waals surface area contributed by atoms with Crippen LogP contribution >= 0.6 is 0 Å². The summed E-state index contributed by atoms with van der Waals surface area (Å²) in [7, 11) is 0. The number of aryl methyl sites for hydroxylation is 1. The average Bonchev–Trinajstić information content (AvgIpc) is 2.92. The number of carbonyl (C=O) groups excluding carboxylic acids is 4. The number of nitrogens with one attached hydrogen (secondary N) is 1. The molecule has 4 rings (SSSR count). The molecule has 9 heteroatoms. The van der Waals surface area contributed by atoms with Gasteiger partial charge in [0.25, 0.3) is 11.8 Å². The number of hydrogen-bond acceptors (Lipinski definition) is 6. The average molecular weight is 413 g/mol. The number of piperidine rings is 2. The van der Waals surface area contributed by atoms with E-state index in [1.54, 1.807) is 12.1 Å². The highest BCUT2D eigenvalue weighted by Crippen LogP contribution is 2.34. The second kappa shape index (κ2) is 7.55. The standard InChI is InChI=1S/C21H23N3O6/c1-11-8-13-14(10-16(11)23-6-4-12(5-7-23)9-18(26)27)21(30)24(20(13)29)15-2-3-17(25)22-19(15)28/h8,10,12,15H,2-7,9H2,1H3,(H,26,27)(H,22,25,28). The Morgan fingerprint density at radius 3 is 2.30 bits per heavy atom. The first kappa shape index (κ1) is 20.1. The van der Waals surface area contributed by atoms with Crippen molar-refractivity contribution in [3.05, 3.63) is 28.8 Å². The summed E-state index contributed by atoms with van der Waals surface area (Å²) in [5, 5.41) is 11.2. The van der Waals surface area contributed by atoms with Crippen LogP contribution in [0.5, 0.6) is 0 Å². The molecule has 0 aromatic heterocycles. The number of hydrogen-bond donors (Lipinski definition) is 2. The number of benzene rings is 1. The van der Waals surface area contributed by atoms with Crippen molar-refractivity contribution in [2.24, 2.45) is 5.92 Å². The first-order valence-electron chi connectivity index (χ1n) is 10.1. The molecule has 2 N–H and O–H groups in total.